The number of hydrogen-bond donors (Lipinski definition) is 1. The molecule has 2 heterocycles. The fourth-order valence-electron chi connectivity index (χ4n) is 2.94. The molecule has 1 atom stereocenters. The number of fused-ring (bicyclic) bond motifs is 1. The average molecular weight is 356 g/mol. The lowest BCUT2D eigenvalue weighted by Crippen LogP contribution is -2.41. The Hall–Kier alpha value is -3.16. The van der Waals surface area contributed by atoms with Crippen LogP contribution in [0.4, 0.5) is 11.4 Å². The maximum atomic E-state index is 12.7. The van der Waals surface area contributed by atoms with Crippen molar-refractivity contribution in [3.8, 4) is 0 Å². The number of aromatic nitrogens is 2. The standard InChI is InChI=1S/C18H20N4O4/c1-11-8-16(23)20-14-6-4-5-7-15(14)22(11)17(24)10-26-18(25)13-9-19-21(3)12(13)2/h4-7,9,11H,8,10H2,1-3H3,(H,20,23). The number of ether oxygens (including phenoxy) is 1. The van der Waals surface area contributed by atoms with Crippen LogP contribution in [0.5, 0.6) is 0 Å². The van der Waals surface area contributed by atoms with Gasteiger partial charge in [-0.2, -0.15) is 5.10 Å². The van der Waals surface area contributed by atoms with Gasteiger partial charge in [0.25, 0.3) is 5.91 Å². The molecule has 0 radical (unpaired) electrons. The minimum Gasteiger partial charge on any atom is -0.452 e. The number of para-hydroxylation sites is 2. The van der Waals surface area contributed by atoms with Crippen LogP contribution < -0.4 is 10.2 Å². The molecule has 1 aromatic heterocycles. The van der Waals surface area contributed by atoms with Crippen LogP contribution in [0, 0.1) is 6.92 Å². The first-order chi connectivity index (χ1) is 12.4. The SMILES string of the molecule is Cc1c(C(=O)OCC(=O)N2c3ccccc3NC(=O)CC2C)cnn1C. The molecule has 0 fully saturated rings. The molecule has 2 amide bonds. The first-order valence-electron chi connectivity index (χ1n) is 8.25. The Labute approximate surface area is 150 Å². The van der Waals surface area contributed by atoms with Gasteiger partial charge in [-0.25, -0.2) is 4.79 Å². The summed E-state index contributed by atoms with van der Waals surface area (Å²) in [6.07, 6.45) is 1.57. The minimum absolute atomic E-state index is 0.163. The highest BCUT2D eigenvalue weighted by Gasteiger charge is 2.30. The number of carbonyl (C=O) groups excluding carboxylic acids is 3. The van der Waals surface area contributed by atoms with Crippen LogP contribution in [0.1, 0.15) is 29.4 Å². The molecule has 0 saturated carbocycles. The van der Waals surface area contributed by atoms with Gasteiger partial charge in [0.05, 0.1) is 17.6 Å². The van der Waals surface area contributed by atoms with Crippen molar-refractivity contribution >= 4 is 29.2 Å². The first-order valence-corrected chi connectivity index (χ1v) is 8.25. The molecule has 26 heavy (non-hydrogen) atoms. The molecule has 1 N–H and O–H groups in total. The summed E-state index contributed by atoms with van der Waals surface area (Å²) in [6.45, 7) is 3.11. The molecule has 0 saturated heterocycles. The molecule has 1 unspecified atom stereocenters. The van der Waals surface area contributed by atoms with Gasteiger partial charge in [0.1, 0.15) is 5.56 Å². The van der Waals surface area contributed by atoms with Gasteiger partial charge in [0.2, 0.25) is 5.91 Å². The van der Waals surface area contributed by atoms with E-state index in [0.717, 1.165) is 0 Å². The van der Waals surface area contributed by atoms with Gasteiger partial charge < -0.3 is 15.0 Å². The van der Waals surface area contributed by atoms with Gasteiger partial charge in [-0.1, -0.05) is 12.1 Å². The first kappa shape index (κ1) is 17.7. The van der Waals surface area contributed by atoms with Crippen molar-refractivity contribution in [3.05, 3.63) is 41.7 Å². The smallest absolute Gasteiger partial charge is 0.342 e. The van der Waals surface area contributed by atoms with Crippen molar-refractivity contribution in [2.45, 2.75) is 26.3 Å². The van der Waals surface area contributed by atoms with E-state index in [0.29, 0.717) is 22.6 Å². The quantitative estimate of drug-likeness (QED) is 0.844. The summed E-state index contributed by atoms with van der Waals surface area (Å²) < 4.78 is 6.74. The summed E-state index contributed by atoms with van der Waals surface area (Å²) in [5, 5.41) is 6.78. The third-order valence-electron chi connectivity index (χ3n) is 4.41. The molecule has 2 aromatic rings. The zero-order valence-electron chi connectivity index (χ0n) is 14.9. The fraction of sp³-hybridized carbons (Fsp3) is 0.333. The van der Waals surface area contributed by atoms with Crippen LogP contribution in [0.25, 0.3) is 0 Å². The maximum absolute atomic E-state index is 12.7. The zero-order chi connectivity index (χ0) is 18.8. The van der Waals surface area contributed by atoms with Crippen molar-refractivity contribution in [2.24, 2.45) is 7.05 Å². The summed E-state index contributed by atoms with van der Waals surface area (Å²) in [7, 11) is 1.72. The Morgan fingerprint density at radius 2 is 2.08 bits per heavy atom. The van der Waals surface area contributed by atoms with E-state index in [1.807, 2.05) is 0 Å². The van der Waals surface area contributed by atoms with E-state index < -0.39 is 18.5 Å². The van der Waals surface area contributed by atoms with Crippen LogP contribution in [0.15, 0.2) is 30.5 Å². The Kier molecular flexibility index (Phi) is 4.75. The van der Waals surface area contributed by atoms with E-state index >= 15 is 0 Å². The van der Waals surface area contributed by atoms with Crippen molar-refractivity contribution in [1.82, 2.24) is 9.78 Å². The van der Waals surface area contributed by atoms with E-state index in [1.165, 1.54) is 11.1 Å². The second kappa shape index (κ2) is 6.99. The number of nitrogens with one attached hydrogen (secondary N) is 1. The lowest BCUT2D eigenvalue weighted by atomic mass is 10.1. The summed E-state index contributed by atoms with van der Waals surface area (Å²) >= 11 is 0. The van der Waals surface area contributed by atoms with Crippen molar-refractivity contribution in [3.63, 3.8) is 0 Å². The summed E-state index contributed by atoms with van der Waals surface area (Å²) in [6, 6.07) is 6.70. The van der Waals surface area contributed by atoms with Gasteiger partial charge in [-0.05, 0) is 26.0 Å². The van der Waals surface area contributed by atoms with Gasteiger partial charge in [0.15, 0.2) is 6.61 Å². The summed E-state index contributed by atoms with van der Waals surface area (Å²) in [5.41, 5.74) is 2.13. The predicted octanol–water partition coefficient (Wildman–Crippen LogP) is 1.65. The number of carbonyl (C=O) groups is 3. The van der Waals surface area contributed by atoms with Crippen LogP contribution in [0.2, 0.25) is 0 Å². The molecule has 0 bridgehead atoms. The third kappa shape index (κ3) is 3.30. The predicted molar refractivity (Wildman–Crippen MR) is 94.9 cm³/mol. The number of aryl methyl sites for hydroxylation is 1. The number of hydrogen-bond acceptors (Lipinski definition) is 5. The van der Waals surface area contributed by atoms with E-state index in [-0.39, 0.29) is 18.4 Å². The Morgan fingerprint density at radius 3 is 2.77 bits per heavy atom. The number of rotatable bonds is 3. The molecule has 0 spiro atoms. The number of benzene rings is 1. The van der Waals surface area contributed by atoms with Crippen LogP contribution >= 0.6 is 0 Å². The van der Waals surface area contributed by atoms with Gasteiger partial charge in [0, 0.05) is 25.2 Å². The van der Waals surface area contributed by atoms with Crippen molar-refractivity contribution in [2.75, 3.05) is 16.8 Å². The zero-order valence-corrected chi connectivity index (χ0v) is 14.9. The lowest BCUT2D eigenvalue weighted by molar-refractivity contribution is -0.122. The number of esters is 1. The second-order valence-electron chi connectivity index (χ2n) is 6.23. The molecule has 8 nitrogen and oxygen atoms in total. The van der Waals surface area contributed by atoms with E-state index in [2.05, 4.69) is 10.4 Å². The highest BCUT2D eigenvalue weighted by Crippen LogP contribution is 2.31. The molecule has 3 rings (SSSR count). The van der Waals surface area contributed by atoms with Crippen molar-refractivity contribution in [1.29, 1.82) is 0 Å². The molecule has 0 aliphatic carbocycles. The molecule has 136 valence electrons. The van der Waals surface area contributed by atoms with Gasteiger partial charge >= 0.3 is 5.97 Å². The second-order valence-corrected chi connectivity index (χ2v) is 6.23. The highest BCUT2D eigenvalue weighted by molar-refractivity contribution is 6.05. The lowest BCUT2D eigenvalue weighted by Gasteiger charge is -2.27. The Morgan fingerprint density at radius 1 is 1.35 bits per heavy atom. The maximum Gasteiger partial charge on any atom is 0.342 e. The number of anilines is 2. The third-order valence-corrected chi connectivity index (χ3v) is 4.41. The summed E-state index contributed by atoms with van der Waals surface area (Å²) in [4.78, 5) is 38.4. The molecule has 1 aromatic carbocycles. The molecule has 1 aliphatic rings. The number of nitrogens with zero attached hydrogens (tertiary/aromatic N) is 3. The Balaban J connectivity index is 1.77. The van der Waals surface area contributed by atoms with Crippen molar-refractivity contribution < 1.29 is 19.1 Å². The Bertz CT molecular complexity index is 874. The molecule has 1 aliphatic heterocycles. The van der Waals surface area contributed by atoms with Crippen LogP contribution in [-0.4, -0.2) is 40.2 Å². The average Bonchev–Trinajstić information content (AvgIpc) is 2.86. The summed E-state index contributed by atoms with van der Waals surface area (Å²) in [5.74, 6) is -1.16. The monoisotopic (exact) mass is 356 g/mol. The van der Waals surface area contributed by atoms with E-state index in [1.54, 1.807) is 49.8 Å². The molecular formula is C18H20N4O4. The largest absolute Gasteiger partial charge is 0.452 e. The number of amides is 2. The molecular weight excluding hydrogens is 336 g/mol. The molecule has 8 heteroatoms. The van der Waals surface area contributed by atoms with Gasteiger partial charge in [-0.3, -0.25) is 14.3 Å². The van der Waals surface area contributed by atoms with Gasteiger partial charge in [-0.15, -0.1) is 0 Å². The van der Waals surface area contributed by atoms with E-state index in [9.17, 15) is 14.4 Å². The van der Waals surface area contributed by atoms with Crippen LogP contribution in [0.3, 0.4) is 0 Å². The normalized spacial score (nSPS) is 16.5. The van der Waals surface area contributed by atoms with E-state index in [4.69, 9.17) is 4.74 Å². The minimum atomic E-state index is -0.603. The highest BCUT2D eigenvalue weighted by atomic mass is 16.5. The fourth-order valence-corrected chi connectivity index (χ4v) is 2.94. The van der Waals surface area contributed by atoms with Crippen LogP contribution in [-0.2, 0) is 21.4 Å². The topological polar surface area (TPSA) is 93.5 Å².